The van der Waals surface area contributed by atoms with E-state index in [0.717, 1.165) is 38.5 Å². The summed E-state index contributed by atoms with van der Waals surface area (Å²) >= 11 is 0. The van der Waals surface area contributed by atoms with Gasteiger partial charge in [-0.2, -0.15) is 4.31 Å². The Hall–Kier alpha value is -3.26. The van der Waals surface area contributed by atoms with Crippen molar-refractivity contribution >= 4 is 39.6 Å². The van der Waals surface area contributed by atoms with Crippen molar-refractivity contribution in [3.63, 3.8) is 0 Å². The Balaban J connectivity index is 1.87. The molecule has 3 fully saturated rings. The van der Waals surface area contributed by atoms with Gasteiger partial charge in [0, 0.05) is 38.1 Å². The number of likely N-dealkylation sites (tertiary alicyclic amines) is 1. The van der Waals surface area contributed by atoms with Crippen molar-refractivity contribution in [1.29, 1.82) is 0 Å². The number of hydrogen-bond donors (Lipinski definition) is 4. The second-order valence-corrected chi connectivity index (χ2v) is 17.3. The average Bonchev–Trinajstić information content (AvgIpc) is 3.66. The molecule has 1 saturated carbocycles. The Morgan fingerprint density at radius 1 is 0.960 bits per heavy atom. The van der Waals surface area contributed by atoms with Crippen LogP contribution in [0.3, 0.4) is 0 Å². The van der Waals surface area contributed by atoms with Crippen molar-refractivity contribution in [1.82, 2.24) is 30.5 Å². The number of ketones is 1. The van der Waals surface area contributed by atoms with Crippen LogP contribution in [-0.2, 0) is 29.2 Å². The van der Waals surface area contributed by atoms with E-state index in [0.29, 0.717) is 31.4 Å². The van der Waals surface area contributed by atoms with Crippen molar-refractivity contribution in [3.05, 3.63) is 24.8 Å². The predicted octanol–water partition coefficient (Wildman–Crippen LogP) is 3.02. The molecule has 5 atom stereocenters. The summed E-state index contributed by atoms with van der Waals surface area (Å²) in [5.41, 5.74) is 0.228. The molecule has 2 saturated heterocycles. The van der Waals surface area contributed by atoms with E-state index in [9.17, 15) is 32.4 Å². The summed E-state index contributed by atoms with van der Waals surface area (Å²) in [6.45, 7) is 18.1. The number of nitrogens with one attached hydrogen (secondary N) is 4. The van der Waals surface area contributed by atoms with Crippen LogP contribution in [0.2, 0.25) is 0 Å². The number of urea groups is 1. The molecule has 0 aromatic rings. The lowest BCUT2D eigenvalue weighted by Gasteiger charge is -2.37. The fourth-order valence-electron chi connectivity index (χ4n) is 7.23. The standard InChI is InChI=1S/C36H60N6O7S/c1-8-10-17-27(31(43)33(45)37-19-9-2)38-32(44)30-26(24(3)4)18-21-42(30)34(46)29(25-15-12-11-13-16-25)40-35(47)39-28(36(5,6)7)23-41-20-14-22-50(41,48)49/h9,25-30H,2-3,8,10-23H2,1,4-7H3,(H,37,45)(H,38,44)(H2,39,40,47)/t26-,27?,28-,29+,30+/m1/s1. The molecular formula is C36H60N6O7S. The second-order valence-electron chi connectivity index (χ2n) is 15.2. The number of hydrogen-bond acceptors (Lipinski definition) is 7. The first-order valence-corrected chi connectivity index (χ1v) is 19.9. The van der Waals surface area contributed by atoms with Gasteiger partial charge in [-0.15, -0.1) is 6.58 Å². The largest absolute Gasteiger partial charge is 0.346 e. The van der Waals surface area contributed by atoms with E-state index in [4.69, 9.17) is 0 Å². The number of carbonyl (C=O) groups excluding carboxylic acids is 5. The molecule has 282 valence electrons. The maximum atomic E-state index is 14.6. The molecule has 3 aliphatic rings. The average molecular weight is 721 g/mol. The third-order valence-corrected chi connectivity index (χ3v) is 12.2. The van der Waals surface area contributed by atoms with Crippen LogP contribution in [0, 0.1) is 17.3 Å². The van der Waals surface area contributed by atoms with Crippen LogP contribution < -0.4 is 21.3 Å². The number of unbranched alkanes of at least 4 members (excludes halogenated alkanes) is 1. The van der Waals surface area contributed by atoms with E-state index in [1.165, 1.54) is 15.3 Å². The van der Waals surface area contributed by atoms with Crippen molar-refractivity contribution in [2.24, 2.45) is 17.3 Å². The fourth-order valence-corrected chi connectivity index (χ4v) is 8.76. The molecule has 0 bridgehead atoms. The Kier molecular flexibility index (Phi) is 15.1. The van der Waals surface area contributed by atoms with Gasteiger partial charge in [-0.05, 0) is 50.4 Å². The number of Topliss-reactive ketones (excluding diaryl/α,β-unsaturated/α-hetero) is 1. The number of sulfonamides is 1. The van der Waals surface area contributed by atoms with Crippen LogP contribution in [0.5, 0.6) is 0 Å². The van der Waals surface area contributed by atoms with Crippen molar-refractivity contribution in [2.75, 3.05) is 31.9 Å². The van der Waals surface area contributed by atoms with E-state index < -0.39 is 63.2 Å². The zero-order valence-corrected chi connectivity index (χ0v) is 31.5. The Morgan fingerprint density at radius 2 is 1.64 bits per heavy atom. The van der Waals surface area contributed by atoms with Gasteiger partial charge in [0.25, 0.3) is 5.91 Å². The van der Waals surface area contributed by atoms with Crippen LogP contribution in [0.4, 0.5) is 4.79 Å². The van der Waals surface area contributed by atoms with Gasteiger partial charge in [0.05, 0.1) is 11.8 Å². The molecule has 2 aliphatic heterocycles. The predicted molar refractivity (Wildman–Crippen MR) is 193 cm³/mol. The monoisotopic (exact) mass is 720 g/mol. The summed E-state index contributed by atoms with van der Waals surface area (Å²) in [6, 6.07) is -4.07. The van der Waals surface area contributed by atoms with E-state index in [2.05, 4.69) is 34.4 Å². The van der Waals surface area contributed by atoms with Crippen molar-refractivity contribution in [2.45, 2.75) is 123 Å². The first kappa shape index (κ1) is 41.2. The number of amides is 5. The minimum absolute atomic E-state index is 0.0834. The maximum absolute atomic E-state index is 14.6. The van der Waals surface area contributed by atoms with Gasteiger partial charge in [0.15, 0.2) is 0 Å². The lowest BCUT2D eigenvalue weighted by molar-refractivity contribution is -0.144. The molecule has 14 heteroatoms. The summed E-state index contributed by atoms with van der Waals surface area (Å²) < 4.78 is 26.6. The molecule has 50 heavy (non-hydrogen) atoms. The normalized spacial score (nSPS) is 22.9. The highest BCUT2D eigenvalue weighted by Gasteiger charge is 2.47. The third kappa shape index (κ3) is 10.9. The summed E-state index contributed by atoms with van der Waals surface area (Å²) in [7, 11) is -3.39. The Morgan fingerprint density at radius 3 is 2.20 bits per heavy atom. The lowest BCUT2D eigenvalue weighted by Crippen LogP contribution is -2.61. The maximum Gasteiger partial charge on any atom is 0.315 e. The zero-order valence-electron chi connectivity index (χ0n) is 30.7. The van der Waals surface area contributed by atoms with E-state index >= 15 is 0 Å². The molecule has 2 heterocycles. The number of rotatable bonds is 16. The Labute approximate surface area is 298 Å². The van der Waals surface area contributed by atoms with Gasteiger partial charge in [-0.1, -0.05) is 78.0 Å². The van der Waals surface area contributed by atoms with Gasteiger partial charge < -0.3 is 26.2 Å². The second kappa shape index (κ2) is 18.3. The van der Waals surface area contributed by atoms with Gasteiger partial charge in [0.1, 0.15) is 12.1 Å². The topological polar surface area (TPSA) is 174 Å². The molecule has 0 aromatic carbocycles. The molecule has 13 nitrogen and oxygen atoms in total. The fraction of sp³-hybridized carbons (Fsp3) is 0.750. The Bertz CT molecular complexity index is 1370. The lowest BCUT2D eigenvalue weighted by atomic mass is 9.83. The molecule has 5 amide bonds. The van der Waals surface area contributed by atoms with Crippen LogP contribution in [-0.4, -0.2) is 103 Å². The summed E-state index contributed by atoms with van der Waals surface area (Å²) in [4.78, 5) is 69.6. The van der Waals surface area contributed by atoms with Crippen LogP contribution in [0.15, 0.2) is 24.8 Å². The molecule has 0 aromatic heterocycles. The number of nitrogens with zero attached hydrogens (tertiary/aromatic N) is 2. The highest BCUT2D eigenvalue weighted by Crippen LogP contribution is 2.34. The minimum atomic E-state index is -3.39. The van der Waals surface area contributed by atoms with Crippen LogP contribution in [0.1, 0.15) is 98.8 Å². The SMILES string of the molecule is C=CCNC(=O)C(=O)C(CCCC)NC(=O)[C@@H]1[C@@H](C(=C)C)CCN1C(=O)[C@@H](NC(=O)N[C@H](CN1CCCS1(=O)=O)C(C)(C)C)C1CCCCC1. The molecular weight excluding hydrogens is 660 g/mol. The van der Waals surface area contributed by atoms with E-state index in [1.807, 2.05) is 27.7 Å². The first-order valence-electron chi connectivity index (χ1n) is 18.3. The third-order valence-electron chi connectivity index (χ3n) is 10.3. The first-order chi connectivity index (χ1) is 23.5. The zero-order chi connectivity index (χ0) is 37.2. The van der Waals surface area contributed by atoms with Gasteiger partial charge >= 0.3 is 6.03 Å². The smallest absolute Gasteiger partial charge is 0.315 e. The highest BCUT2D eigenvalue weighted by molar-refractivity contribution is 7.89. The molecule has 3 rings (SSSR count). The molecule has 1 unspecified atom stereocenters. The summed E-state index contributed by atoms with van der Waals surface area (Å²) in [5.74, 6) is -2.96. The summed E-state index contributed by atoms with van der Waals surface area (Å²) in [6.07, 6.45) is 8.39. The highest BCUT2D eigenvalue weighted by atomic mass is 32.2. The van der Waals surface area contributed by atoms with Crippen molar-refractivity contribution < 1.29 is 32.4 Å². The molecule has 1 aliphatic carbocycles. The quantitative estimate of drug-likeness (QED) is 0.140. The van der Waals surface area contributed by atoms with Crippen LogP contribution >= 0.6 is 0 Å². The minimum Gasteiger partial charge on any atom is -0.346 e. The van der Waals surface area contributed by atoms with Crippen LogP contribution in [0.25, 0.3) is 0 Å². The molecule has 0 spiro atoms. The van der Waals surface area contributed by atoms with Gasteiger partial charge in [-0.3, -0.25) is 19.2 Å². The van der Waals surface area contributed by atoms with E-state index in [-0.39, 0.29) is 49.6 Å². The molecule has 0 radical (unpaired) electrons. The van der Waals surface area contributed by atoms with Gasteiger partial charge in [0.2, 0.25) is 27.6 Å². The van der Waals surface area contributed by atoms with Gasteiger partial charge in [-0.25, -0.2) is 13.2 Å². The number of carbonyl (C=O) groups is 5. The molecule has 4 N–H and O–H groups in total. The van der Waals surface area contributed by atoms with E-state index in [1.54, 1.807) is 6.92 Å². The summed E-state index contributed by atoms with van der Waals surface area (Å²) in [5, 5.41) is 11.2. The van der Waals surface area contributed by atoms with Crippen molar-refractivity contribution in [3.8, 4) is 0 Å².